The maximum absolute atomic E-state index is 14.1. The number of aromatic nitrogens is 4. The Bertz CT molecular complexity index is 1480. The number of nitrogens with zero attached hydrogens (tertiary/aromatic N) is 5. The van der Waals surface area contributed by atoms with Gasteiger partial charge in [-0.15, -0.1) is 0 Å². The largest absolute Gasteiger partial charge is 0.325 e. The number of aryl methyl sites for hydroxylation is 2. The highest BCUT2D eigenvalue weighted by atomic mass is 19.2. The molecule has 1 aliphatic heterocycles. The Morgan fingerprint density at radius 3 is 2.44 bits per heavy atom. The SMILES string of the molecule is CC[C@H]1Cc2c(nn(C)c2-c2cc(F)c(F)c(F)c2)[C@@H](CC)N1C(=O)c1ncnc2ccc(C)cc12. The van der Waals surface area contributed by atoms with E-state index >= 15 is 0 Å². The van der Waals surface area contributed by atoms with Crippen LogP contribution in [0.1, 0.15) is 60.0 Å². The molecule has 4 aromatic rings. The van der Waals surface area contributed by atoms with Gasteiger partial charge >= 0.3 is 0 Å². The molecule has 0 saturated carbocycles. The van der Waals surface area contributed by atoms with Crippen molar-refractivity contribution in [3.05, 3.63) is 76.6 Å². The molecule has 0 radical (unpaired) electrons. The number of carbonyl (C=O) groups excluding carboxylic acids is 1. The molecule has 1 aliphatic rings. The average molecular weight is 494 g/mol. The average Bonchev–Trinajstić information content (AvgIpc) is 3.20. The van der Waals surface area contributed by atoms with E-state index in [0.29, 0.717) is 47.2 Å². The van der Waals surface area contributed by atoms with Crippen LogP contribution in [0, 0.1) is 24.4 Å². The monoisotopic (exact) mass is 493 g/mol. The van der Waals surface area contributed by atoms with Gasteiger partial charge in [0.25, 0.3) is 5.91 Å². The van der Waals surface area contributed by atoms with Crippen molar-refractivity contribution in [1.29, 1.82) is 0 Å². The molecule has 0 N–H and O–H groups in total. The number of benzene rings is 2. The zero-order chi connectivity index (χ0) is 25.7. The van der Waals surface area contributed by atoms with E-state index in [1.807, 2.05) is 43.9 Å². The molecule has 3 heterocycles. The van der Waals surface area contributed by atoms with E-state index in [-0.39, 0.29) is 23.6 Å². The summed E-state index contributed by atoms with van der Waals surface area (Å²) in [6.07, 6.45) is 3.09. The molecule has 0 spiro atoms. The first-order valence-electron chi connectivity index (χ1n) is 12.0. The first kappa shape index (κ1) is 24.0. The van der Waals surface area contributed by atoms with Gasteiger partial charge in [0.15, 0.2) is 17.5 Å². The molecule has 1 amide bonds. The van der Waals surface area contributed by atoms with Crippen molar-refractivity contribution < 1.29 is 18.0 Å². The molecule has 186 valence electrons. The molecule has 0 fully saturated rings. The third kappa shape index (κ3) is 3.73. The second-order valence-corrected chi connectivity index (χ2v) is 9.24. The highest BCUT2D eigenvalue weighted by Crippen LogP contribution is 2.41. The number of amides is 1. The van der Waals surface area contributed by atoms with Crippen LogP contribution in [0.4, 0.5) is 13.2 Å². The molecule has 2 aromatic heterocycles. The molecular formula is C27H26F3N5O. The number of hydrogen-bond acceptors (Lipinski definition) is 4. The van der Waals surface area contributed by atoms with Gasteiger partial charge in [0.05, 0.1) is 22.9 Å². The Kier molecular flexibility index (Phi) is 6.02. The van der Waals surface area contributed by atoms with Gasteiger partial charge in [-0.3, -0.25) is 9.48 Å². The number of rotatable bonds is 4. The molecule has 36 heavy (non-hydrogen) atoms. The van der Waals surface area contributed by atoms with E-state index in [4.69, 9.17) is 0 Å². The minimum atomic E-state index is -1.50. The van der Waals surface area contributed by atoms with Gasteiger partial charge in [0.1, 0.15) is 12.0 Å². The summed E-state index contributed by atoms with van der Waals surface area (Å²) in [5, 5.41) is 5.38. The van der Waals surface area contributed by atoms with Crippen LogP contribution in [0.2, 0.25) is 0 Å². The van der Waals surface area contributed by atoms with E-state index in [1.54, 1.807) is 11.7 Å². The molecule has 0 saturated heterocycles. The summed E-state index contributed by atoms with van der Waals surface area (Å²) in [6, 6.07) is 7.15. The van der Waals surface area contributed by atoms with Crippen molar-refractivity contribution in [2.24, 2.45) is 7.05 Å². The first-order chi connectivity index (χ1) is 17.2. The summed E-state index contributed by atoms with van der Waals surface area (Å²) in [5.41, 5.74) is 4.25. The maximum Gasteiger partial charge on any atom is 0.274 e. The molecule has 0 bridgehead atoms. The fourth-order valence-electron chi connectivity index (χ4n) is 5.33. The van der Waals surface area contributed by atoms with Gasteiger partial charge in [-0.2, -0.15) is 5.10 Å². The Morgan fingerprint density at radius 1 is 1.06 bits per heavy atom. The van der Waals surface area contributed by atoms with Crippen molar-refractivity contribution >= 4 is 16.8 Å². The molecular weight excluding hydrogens is 467 g/mol. The van der Waals surface area contributed by atoms with Crippen molar-refractivity contribution in [3.8, 4) is 11.3 Å². The molecule has 0 aliphatic carbocycles. The summed E-state index contributed by atoms with van der Waals surface area (Å²) in [7, 11) is 1.69. The van der Waals surface area contributed by atoms with E-state index in [1.165, 1.54) is 6.33 Å². The van der Waals surface area contributed by atoms with Crippen molar-refractivity contribution in [2.75, 3.05) is 0 Å². The molecule has 5 rings (SSSR count). The molecule has 9 heteroatoms. The minimum Gasteiger partial charge on any atom is -0.325 e. The van der Waals surface area contributed by atoms with Gasteiger partial charge in [-0.25, -0.2) is 23.1 Å². The van der Waals surface area contributed by atoms with Crippen molar-refractivity contribution in [3.63, 3.8) is 0 Å². The van der Waals surface area contributed by atoms with Gasteiger partial charge in [-0.1, -0.05) is 25.5 Å². The van der Waals surface area contributed by atoms with Crippen LogP contribution in [-0.2, 0) is 13.5 Å². The number of carbonyl (C=O) groups is 1. The second-order valence-electron chi connectivity index (χ2n) is 9.24. The summed E-state index contributed by atoms with van der Waals surface area (Å²) >= 11 is 0. The molecule has 2 atom stereocenters. The fraction of sp³-hybridized carbons (Fsp3) is 0.333. The quantitative estimate of drug-likeness (QED) is 0.343. The Balaban J connectivity index is 1.64. The van der Waals surface area contributed by atoms with E-state index in [9.17, 15) is 18.0 Å². The summed E-state index contributed by atoms with van der Waals surface area (Å²) in [5.74, 6) is -4.21. The van der Waals surface area contributed by atoms with Crippen LogP contribution in [0.3, 0.4) is 0 Å². The third-order valence-electron chi connectivity index (χ3n) is 7.00. The van der Waals surface area contributed by atoms with E-state index in [2.05, 4.69) is 15.1 Å². The summed E-state index contributed by atoms with van der Waals surface area (Å²) in [6.45, 7) is 5.92. The lowest BCUT2D eigenvalue weighted by Crippen LogP contribution is -2.47. The first-order valence-corrected chi connectivity index (χ1v) is 12.0. The summed E-state index contributed by atoms with van der Waals surface area (Å²) in [4.78, 5) is 24.5. The highest BCUT2D eigenvalue weighted by molar-refractivity contribution is 6.04. The van der Waals surface area contributed by atoms with Crippen LogP contribution in [-0.4, -0.2) is 36.6 Å². The lowest BCUT2D eigenvalue weighted by atomic mass is 9.87. The Morgan fingerprint density at radius 2 is 1.78 bits per heavy atom. The second kappa shape index (κ2) is 9.04. The molecule has 2 aromatic carbocycles. The predicted octanol–water partition coefficient (Wildman–Crippen LogP) is 5.68. The van der Waals surface area contributed by atoms with Crippen molar-refractivity contribution in [1.82, 2.24) is 24.6 Å². The predicted molar refractivity (Wildman–Crippen MR) is 130 cm³/mol. The molecule has 6 nitrogen and oxygen atoms in total. The Labute approximate surface area is 206 Å². The van der Waals surface area contributed by atoms with Crippen LogP contribution >= 0.6 is 0 Å². The Hall–Kier alpha value is -3.75. The van der Waals surface area contributed by atoms with Crippen LogP contribution in [0.15, 0.2) is 36.7 Å². The topological polar surface area (TPSA) is 63.9 Å². The van der Waals surface area contributed by atoms with Crippen LogP contribution < -0.4 is 0 Å². The molecule has 0 unspecified atom stereocenters. The van der Waals surface area contributed by atoms with Crippen LogP contribution in [0.25, 0.3) is 22.2 Å². The standard InChI is InChI=1S/C27H26F3N5O/c1-5-16-12-18-24(33-34(4)26(18)15-10-19(28)23(30)20(29)11-15)22(6-2)35(16)27(36)25-17-9-14(3)7-8-21(17)31-13-32-25/h7-11,13,16,22H,5-6,12H2,1-4H3/t16-,22+/m0/s1. The lowest BCUT2D eigenvalue weighted by Gasteiger charge is -2.41. The van der Waals surface area contributed by atoms with Gasteiger partial charge in [-0.05, 0) is 50.5 Å². The number of halogens is 3. The highest BCUT2D eigenvalue weighted by Gasteiger charge is 2.41. The van der Waals surface area contributed by atoms with Crippen molar-refractivity contribution in [2.45, 2.75) is 52.1 Å². The smallest absolute Gasteiger partial charge is 0.274 e. The van der Waals surface area contributed by atoms with Gasteiger partial charge < -0.3 is 4.90 Å². The van der Waals surface area contributed by atoms with E-state index < -0.39 is 17.5 Å². The zero-order valence-corrected chi connectivity index (χ0v) is 20.5. The van der Waals surface area contributed by atoms with E-state index in [0.717, 1.165) is 23.3 Å². The number of hydrogen-bond donors (Lipinski definition) is 0. The third-order valence-corrected chi connectivity index (χ3v) is 7.00. The lowest BCUT2D eigenvalue weighted by molar-refractivity contribution is 0.0509. The van der Waals surface area contributed by atoms with Gasteiger partial charge in [0.2, 0.25) is 0 Å². The normalized spacial score (nSPS) is 17.5. The fourth-order valence-corrected chi connectivity index (χ4v) is 5.33. The zero-order valence-electron chi connectivity index (χ0n) is 20.5. The number of fused-ring (bicyclic) bond motifs is 2. The maximum atomic E-state index is 14.1. The minimum absolute atomic E-state index is 0.192. The summed E-state index contributed by atoms with van der Waals surface area (Å²) < 4.78 is 43.4. The van der Waals surface area contributed by atoms with Gasteiger partial charge in [0, 0.05) is 29.6 Å². The van der Waals surface area contributed by atoms with Crippen LogP contribution in [0.5, 0.6) is 0 Å².